The van der Waals surface area contributed by atoms with Crippen LogP contribution in [0.15, 0.2) is 60.7 Å². The second-order valence-corrected chi connectivity index (χ2v) is 5.96. The molecule has 4 heteroatoms. The molecule has 0 bridgehead atoms. The zero-order valence-electron chi connectivity index (χ0n) is 13.4. The van der Waals surface area contributed by atoms with Gasteiger partial charge in [0.15, 0.2) is 0 Å². The van der Waals surface area contributed by atoms with E-state index in [0.29, 0.717) is 0 Å². The molecule has 0 unspecified atom stereocenters. The Labute approximate surface area is 137 Å². The number of carbonyl (C=O) groups excluding carboxylic acids is 1. The van der Waals surface area contributed by atoms with Gasteiger partial charge in [0.1, 0.15) is 0 Å². The summed E-state index contributed by atoms with van der Waals surface area (Å²) >= 11 is 0. The van der Waals surface area contributed by atoms with E-state index in [1.165, 1.54) is 0 Å². The predicted octanol–water partition coefficient (Wildman–Crippen LogP) is 2.78. The SMILES string of the molecule is CN(C(=O)NC(c1ccccc1)c1ccccc1)[C@@H]1CCNC1. The monoisotopic (exact) mass is 309 g/mol. The summed E-state index contributed by atoms with van der Waals surface area (Å²) in [6, 6.07) is 20.3. The first-order valence-corrected chi connectivity index (χ1v) is 8.09. The van der Waals surface area contributed by atoms with Crippen molar-refractivity contribution in [3.8, 4) is 0 Å². The Kier molecular flexibility index (Phi) is 4.93. The number of amides is 2. The van der Waals surface area contributed by atoms with Gasteiger partial charge in [-0.05, 0) is 24.1 Å². The average Bonchev–Trinajstić information content (AvgIpc) is 3.15. The highest BCUT2D eigenvalue weighted by Gasteiger charge is 2.25. The number of carbonyl (C=O) groups is 1. The van der Waals surface area contributed by atoms with Crippen LogP contribution < -0.4 is 10.6 Å². The first kappa shape index (κ1) is 15.6. The largest absolute Gasteiger partial charge is 0.327 e. The number of urea groups is 1. The fourth-order valence-corrected chi connectivity index (χ4v) is 3.01. The third-order valence-electron chi connectivity index (χ3n) is 4.44. The molecule has 23 heavy (non-hydrogen) atoms. The minimum Gasteiger partial charge on any atom is -0.327 e. The van der Waals surface area contributed by atoms with Crippen LogP contribution in [-0.2, 0) is 0 Å². The zero-order chi connectivity index (χ0) is 16.1. The number of hydrogen-bond acceptors (Lipinski definition) is 2. The van der Waals surface area contributed by atoms with E-state index in [2.05, 4.69) is 34.9 Å². The van der Waals surface area contributed by atoms with Crippen molar-refractivity contribution in [2.24, 2.45) is 0 Å². The number of benzene rings is 2. The summed E-state index contributed by atoms with van der Waals surface area (Å²) in [5.74, 6) is 0. The zero-order valence-corrected chi connectivity index (χ0v) is 13.4. The standard InChI is InChI=1S/C19H23N3O/c1-22(17-12-13-20-14-17)19(23)21-18(15-8-4-2-5-9-15)16-10-6-3-7-11-16/h2-11,17-18,20H,12-14H2,1H3,(H,21,23)/t17-/m1/s1. The summed E-state index contributed by atoms with van der Waals surface area (Å²) in [7, 11) is 1.88. The number of hydrogen-bond donors (Lipinski definition) is 2. The molecule has 0 aliphatic carbocycles. The van der Waals surface area contributed by atoms with Gasteiger partial charge < -0.3 is 15.5 Å². The van der Waals surface area contributed by atoms with Crippen LogP contribution >= 0.6 is 0 Å². The summed E-state index contributed by atoms with van der Waals surface area (Å²) in [6.07, 6.45) is 1.01. The van der Waals surface area contributed by atoms with Gasteiger partial charge in [0.2, 0.25) is 0 Å². The highest BCUT2D eigenvalue weighted by atomic mass is 16.2. The Morgan fingerprint density at radius 2 is 1.65 bits per heavy atom. The molecular weight excluding hydrogens is 286 g/mol. The molecular formula is C19H23N3O. The molecule has 4 nitrogen and oxygen atoms in total. The second kappa shape index (κ2) is 7.29. The van der Waals surface area contributed by atoms with Gasteiger partial charge in [0.25, 0.3) is 0 Å². The molecule has 1 aliphatic heterocycles. The van der Waals surface area contributed by atoms with Crippen LogP contribution in [0.4, 0.5) is 4.79 Å². The van der Waals surface area contributed by atoms with E-state index in [0.717, 1.165) is 30.6 Å². The molecule has 2 aromatic carbocycles. The second-order valence-electron chi connectivity index (χ2n) is 5.96. The van der Waals surface area contributed by atoms with Gasteiger partial charge in [-0.1, -0.05) is 60.7 Å². The number of likely N-dealkylation sites (N-methyl/N-ethyl adjacent to an activating group) is 1. The van der Waals surface area contributed by atoms with E-state index < -0.39 is 0 Å². The molecule has 1 aliphatic rings. The summed E-state index contributed by atoms with van der Waals surface area (Å²) in [6.45, 7) is 1.84. The van der Waals surface area contributed by atoms with Crippen LogP contribution in [0.2, 0.25) is 0 Å². The molecule has 0 saturated carbocycles. The van der Waals surface area contributed by atoms with E-state index >= 15 is 0 Å². The van der Waals surface area contributed by atoms with E-state index in [1.807, 2.05) is 48.3 Å². The molecule has 1 heterocycles. The van der Waals surface area contributed by atoms with Crippen molar-refractivity contribution in [2.75, 3.05) is 20.1 Å². The van der Waals surface area contributed by atoms with Crippen LogP contribution in [0.3, 0.4) is 0 Å². The first-order valence-electron chi connectivity index (χ1n) is 8.09. The van der Waals surface area contributed by atoms with Crippen molar-refractivity contribution in [3.05, 3.63) is 71.8 Å². The first-order chi connectivity index (χ1) is 11.3. The third kappa shape index (κ3) is 3.71. The Bertz CT molecular complexity index is 584. The Balaban J connectivity index is 1.80. The van der Waals surface area contributed by atoms with Crippen molar-refractivity contribution < 1.29 is 4.79 Å². The Hall–Kier alpha value is -2.33. The number of nitrogens with zero attached hydrogens (tertiary/aromatic N) is 1. The minimum absolute atomic E-state index is 0.0311. The third-order valence-corrected chi connectivity index (χ3v) is 4.44. The Morgan fingerprint density at radius 1 is 1.09 bits per heavy atom. The highest BCUT2D eigenvalue weighted by molar-refractivity contribution is 5.75. The van der Waals surface area contributed by atoms with Crippen LogP contribution in [-0.4, -0.2) is 37.1 Å². The maximum atomic E-state index is 12.7. The van der Waals surface area contributed by atoms with Crippen LogP contribution in [0, 0.1) is 0 Å². The van der Waals surface area contributed by atoms with Gasteiger partial charge in [0, 0.05) is 19.6 Å². The lowest BCUT2D eigenvalue weighted by atomic mass is 9.99. The van der Waals surface area contributed by atoms with Crippen molar-refractivity contribution in [1.82, 2.24) is 15.5 Å². The number of nitrogens with one attached hydrogen (secondary N) is 2. The van der Waals surface area contributed by atoms with Crippen molar-refractivity contribution in [3.63, 3.8) is 0 Å². The molecule has 0 radical (unpaired) electrons. The van der Waals surface area contributed by atoms with Crippen molar-refractivity contribution in [2.45, 2.75) is 18.5 Å². The molecule has 2 amide bonds. The average molecular weight is 309 g/mol. The Morgan fingerprint density at radius 3 is 2.13 bits per heavy atom. The fourth-order valence-electron chi connectivity index (χ4n) is 3.01. The molecule has 0 aromatic heterocycles. The topological polar surface area (TPSA) is 44.4 Å². The molecule has 1 atom stereocenters. The lowest BCUT2D eigenvalue weighted by molar-refractivity contribution is 0.191. The van der Waals surface area contributed by atoms with E-state index in [-0.39, 0.29) is 18.1 Å². The van der Waals surface area contributed by atoms with Gasteiger partial charge in [-0.3, -0.25) is 0 Å². The fraction of sp³-hybridized carbons (Fsp3) is 0.316. The molecule has 1 fully saturated rings. The van der Waals surface area contributed by atoms with Crippen molar-refractivity contribution >= 4 is 6.03 Å². The molecule has 2 N–H and O–H groups in total. The summed E-state index contributed by atoms with van der Waals surface area (Å²) in [5, 5.41) is 6.49. The van der Waals surface area contributed by atoms with Gasteiger partial charge in [0.05, 0.1) is 6.04 Å². The lowest BCUT2D eigenvalue weighted by Gasteiger charge is -2.28. The summed E-state index contributed by atoms with van der Waals surface area (Å²) < 4.78 is 0. The number of rotatable bonds is 4. The summed E-state index contributed by atoms with van der Waals surface area (Å²) in [5.41, 5.74) is 2.18. The normalized spacial score (nSPS) is 17.2. The molecule has 1 saturated heterocycles. The van der Waals surface area contributed by atoms with Crippen LogP contribution in [0.25, 0.3) is 0 Å². The summed E-state index contributed by atoms with van der Waals surface area (Å²) in [4.78, 5) is 14.5. The quantitative estimate of drug-likeness (QED) is 0.912. The lowest BCUT2D eigenvalue weighted by Crippen LogP contribution is -2.45. The molecule has 2 aromatic rings. The molecule has 120 valence electrons. The molecule has 3 rings (SSSR count). The van der Waals surface area contributed by atoms with Crippen LogP contribution in [0.5, 0.6) is 0 Å². The van der Waals surface area contributed by atoms with E-state index in [1.54, 1.807) is 0 Å². The van der Waals surface area contributed by atoms with Gasteiger partial charge >= 0.3 is 6.03 Å². The smallest absolute Gasteiger partial charge is 0.318 e. The van der Waals surface area contributed by atoms with E-state index in [4.69, 9.17) is 0 Å². The van der Waals surface area contributed by atoms with Gasteiger partial charge in [-0.15, -0.1) is 0 Å². The maximum absolute atomic E-state index is 12.7. The van der Waals surface area contributed by atoms with Crippen LogP contribution in [0.1, 0.15) is 23.6 Å². The van der Waals surface area contributed by atoms with Gasteiger partial charge in [-0.25, -0.2) is 4.79 Å². The predicted molar refractivity (Wildman–Crippen MR) is 92.3 cm³/mol. The van der Waals surface area contributed by atoms with Gasteiger partial charge in [-0.2, -0.15) is 0 Å². The maximum Gasteiger partial charge on any atom is 0.318 e. The molecule has 0 spiro atoms. The van der Waals surface area contributed by atoms with Crippen molar-refractivity contribution in [1.29, 1.82) is 0 Å². The highest BCUT2D eigenvalue weighted by Crippen LogP contribution is 2.22. The van der Waals surface area contributed by atoms with E-state index in [9.17, 15) is 4.79 Å². The minimum atomic E-state index is -0.137.